The van der Waals surface area contributed by atoms with Crippen LogP contribution in [0.2, 0.25) is 0 Å². The van der Waals surface area contributed by atoms with E-state index in [0.29, 0.717) is 5.56 Å². The van der Waals surface area contributed by atoms with Crippen LogP contribution in [0.25, 0.3) is 0 Å². The van der Waals surface area contributed by atoms with Gasteiger partial charge in [0, 0.05) is 18.0 Å². The molecule has 0 saturated heterocycles. The maximum atomic E-state index is 11.7. The Balaban J connectivity index is 0.00000162. The van der Waals surface area contributed by atoms with Gasteiger partial charge < -0.3 is 10.8 Å². The van der Waals surface area contributed by atoms with Crippen molar-refractivity contribution in [3.63, 3.8) is 0 Å². The van der Waals surface area contributed by atoms with Crippen molar-refractivity contribution in [3.05, 3.63) is 34.9 Å². The standard InChI is InChI=1S/C13H15NO3.ClH/c14-11-6-8-1-2-9(5-10(8)7-11)12(15)3-4-13(16)17;/h1-2,5,11H,3-4,6-7,14H2,(H,16,17);1H. The Morgan fingerprint density at radius 1 is 1.22 bits per heavy atom. The molecule has 1 aromatic carbocycles. The largest absolute Gasteiger partial charge is 0.481 e. The molecule has 0 heterocycles. The summed E-state index contributed by atoms with van der Waals surface area (Å²) in [7, 11) is 0. The number of carboxylic acids is 1. The van der Waals surface area contributed by atoms with Crippen molar-refractivity contribution in [2.45, 2.75) is 31.7 Å². The second-order valence-corrected chi connectivity index (χ2v) is 4.47. The van der Waals surface area contributed by atoms with E-state index in [0.717, 1.165) is 18.4 Å². The molecule has 0 spiro atoms. The van der Waals surface area contributed by atoms with E-state index in [-0.39, 0.29) is 37.1 Å². The molecule has 1 aromatic rings. The third-order valence-electron chi connectivity index (χ3n) is 3.06. The fourth-order valence-corrected chi connectivity index (χ4v) is 2.19. The van der Waals surface area contributed by atoms with E-state index in [4.69, 9.17) is 10.8 Å². The van der Waals surface area contributed by atoms with Gasteiger partial charge in [0.05, 0.1) is 6.42 Å². The first-order valence-corrected chi connectivity index (χ1v) is 5.68. The first-order chi connectivity index (χ1) is 8.06. The number of hydrogen-bond acceptors (Lipinski definition) is 3. The number of benzene rings is 1. The molecule has 98 valence electrons. The number of carbonyl (C=O) groups is 2. The molecular formula is C13H16ClNO3. The average Bonchev–Trinajstić information content (AvgIpc) is 2.64. The number of aliphatic carboxylic acids is 1. The van der Waals surface area contributed by atoms with Gasteiger partial charge in [0.25, 0.3) is 0 Å². The molecule has 1 aliphatic carbocycles. The van der Waals surface area contributed by atoms with Crippen LogP contribution < -0.4 is 5.73 Å². The predicted molar refractivity (Wildman–Crippen MR) is 70.3 cm³/mol. The highest BCUT2D eigenvalue weighted by atomic mass is 35.5. The highest BCUT2D eigenvalue weighted by molar-refractivity contribution is 5.97. The first kappa shape index (κ1) is 14.7. The maximum Gasteiger partial charge on any atom is 0.303 e. The third kappa shape index (κ3) is 3.31. The second kappa shape index (κ2) is 5.98. The number of fused-ring (bicyclic) bond motifs is 1. The van der Waals surface area contributed by atoms with Crippen LogP contribution in [-0.4, -0.2) is 22.9 Å². The molecule has 0 aromatic heterocycles. The van der Waals surface area contributed by atoms with E-state index in [2.05, 4.69) is 0 Å². The van der Waals surface area contributed by atoms with Crippen LogP contribution in [-0.2, 0) is 17.6 Å². The van der Waals surface area contributed by atoms with E-state index in [1.54, 1.807) is 6.07 Å². The van der Waals surface area contributed by atoms with Gasteiger partial charge in [0.1, 0.15) is 0 Å². The van der Waals surface area contributed by atoms with Gasteiger partial charge in [-0.15, -0.1) is 12.4 Å². The van der Waals surface area contributed by atoms with Gasteiger partial charge in [-0.05, 0) is 30.0 Å². The van der Waals surface area contributed by atoms with Crippen LogP contribution in [0.3, 0.4) is 0 Å². The van der Waals surface area contributed by atoms with Crippen LogP contribution in [0.4, 0.5) is 0 Å². The van der Waals surface area contributed by atoms with Crippen molar-refractivity contribution in [2.75, 3.05) is 0 Å². The van der Waals surface area contributed by atoms with E-state index in [9.17, 15) is 9.59 Å². The van der Waals surface area contributed by atoms with Crippen molar-refractivity contribution in [1.29, 1.82) is 0 Å². The Labute approximate surface area is 112 Å². The Morgan fingerprint density at radius 3 is 2.56 bits per heavy atom. The van der Waals surface area contributed by atoms with E-state index < -0.39 is 5.97 Å². The Kier molecular flexibility index (Phi) is 4.87. The lowest BCUT2D eigenvalue weighted by molar-refractivity contribution is -0.136. The summed E-state index contributed by atoms with van der Waals surface area (Å²) < 4.78 is 0. The smallest absolute Gasteiger partial charge is 0.303 e. The lowest BCUT2D eigenvalue weighted by atomic mass is 10.0. The molecule has 0 saturated carbocycles. The molecule has 5 heteroatoms. The fourth-order valence-electron chi connectivity index (χ4n) is 2.19. The molecule has 18 heavy (non-hydrogen) atoms. The average molecular weight is 270 g/mol. The Bertz CT molecular complexity index is 473. The SMILES string of the molecule is Cl.NC1Cc2ccc(C(=O)CCC(=O)O)cc2C1. The van der Waals surface area contributed by atoms with E-state index in [1.165, 1.54) is 5.56 Å². The molecule has 1 atom stereocenters. The lowest BCUT2D eigenvalue weighted by Crippen LogP contribution is -2.19. The van der Waals surface area contributed by atoms with Crippen molar-refractivity contribution in [2.24, 2.45) is 5.73 Å². The second-order valence-electron chi connectivity index (χ2n) is 4.47. The van der Waals surface area contributed by atoms with Gasteiger partial charge >= 0.3 is 5.97 Å². The zero-order valence-corrected chi connectivity index (χ0v) is 10.7. The summed E-state index contributed by atoms with van der Waals surface area (Å²) in [4.78, 5) is 22.1. The number of rotatable bonds is 4. The zero-order chi connectivity index (χ0) is 12.4. The van der Waals surface area contributed by atoms with Gasteiger partial charge in [0.2, 0.25) is 0 Å². The molecule has 0 fully saturated rings. The number of ketones is 1. The molecule has 4 nitrogen and oxygen atoms in total. The van der Waals surface area contributed by atoms with Crippen LogP contribution in [0.1, 0.15) is 34.3 Å². The van der Waals surface area contributed by atoms with Gasteiger partial charge in [-0.3, -0.25) is 9.59 Å². The van der Waals surface area contributed by atoms with Crippen molar-refractivity contribution < 1.29 is 14.7 Å². The maximum absolute atomic E-state index is 11.7. The molecule has 1 aliphatic rings. The van der Waals surface area contributed by atoms with E-state index >= 15 is 0 Å². The lowest BCUT2D eigenvalue weighted by Gasteiger charge is -2.03. The summed E-state index contributed by atoms with van der Waals surface area (Å²) in [5, 5.41) is 8.53. The monoisotopic (exact) mass is 269 g/mol. The summed E-state index contributed by atoms with van der Waals surface area (Å²) in [6.45, 7) is 0. The van der Waals surface area contributed by atoms with Crippen molar-refractivity contribution in [3.8, 4) is 0 Å². The zero-order valence-electron chi connectivity index (χ0n) is 9.89. The molecule has 3 N–H and O–H groups in total. The minimum absolute atomic E-state index is 0. The van der Waals surface area contributed by atoms with Gasteiger partial charge in [-0.1, -0.05) is 12.1 Å². The quantitative estimate of drug-likeness (QED) is 0.814. The number of Topliss-reactive ketones (excluding diaryl/α,β-unsaturated/α-hetero) is 1. The molecule has 0 bridgehead atoms. The van der Waals surface area contributed by atoms with Gasteiger partial charge in [-0.2, -0.15) is 0 Å². The summed E-state index contributed by atoms with van der Waals surface area (Å²) >= 11 is 0. The number of halogens is 1. The molecule has 2 rings (SSSR count). The van der Waals surface area contributed by atoms with Crippen LogP contribution in [0.5, 0.6) is 0 Å². The summed E-state index contributed by atoms with van der Waals surface area (Å²) in [6.07, 6.45) is 1.60. The van der Waals surface area contributed by atoms with Crippen LogP contribution in [0.15, 0.2) is 18.2 Å². The number of hydrogen-bond donors (Lipinski definition) is 2. The normalized spacial score (nSPS) is 16.8. The fraction of sp³-hybridized carbons (Fsp3) is 0.385. The predicted octanol–water partition coefficient (Wildman–Crippen LogP) is 1.58. The highest BCUT2D eigenvalue weighted by Gasteiger charge is 2.19. The van der Waals surface area contributed by atoms with Gasteiger partial charge in [0.15, 0.2) is 5.78 Å². The van der Waals surface area contributed by atoms with Crippen LogP contribution in [0, 0.1) is 0 Å². The van der Waals surface area contributed by atoms with E-state index in [1.807, 2.05) is 12.1 Å². The number of nitrogens with two attached hydrogens (primary N) is 1. The van der Waals surface area contributed by atoms with Crippen LogP contribution >= 0.6 is 12.4 Å². The minimum atomic E-state index is -0.943. The molecule has 0 aliphatic heterocycles. The van der Waals surface area contributed by atoms with Crippen molar-refractivity contribution in [1.82, 2.24) is 0 Å². The summed E-state index contributed by atoms with van der Waals surface area (Å²) in [5.41, 5.74) is 8.77. The molecular weight excluding hydrogens is 254 g/mol. The topological polar surface area (TPSA) is 80.4 Å². The Hall–Kier alpha value is -1.39. The Morgan fingerprint density at radius 2 is 1.89 bits per heavy atom. The first-order valence-electron chi connectivity index (χ1n) is 5.68. The molecule has 1 unspecified atom stereocenters. The molecule has 0 amide bonds. The minimum Gasteiger partial charge on any atom is -0.481 e. The third-order valence-corrected chi connectivity index (χ3v) is 3.06. The number of carboxylic acid groups (broad SMARTS) is 1. The summed E-state index contributed by atoms with van der Waals surface area (Å²) in [6, 6.07) is 5.69. The summed E-state index contributed by atoms with van der Waals surface area (Å²) in [5.74, 6) is -1.06. The molecule has 0 radical (unpaired) electrons. The number of carbonyl (C=O) groups excluding carboxylic acids is 1. The van der Waals surface area contributed by atoms with Crippen molar-refractivity contribution >= 4 is 24.2 Å². The highest BCUT2D eigenvalue weighted by Crippen LogP contribution is 2.23. The van der Waals surface area contributed by atoms with Gasteiger partial charge in [-0.25, -0.2) is 0 Å².